The summed E-state index contributed by atoms with van der Waals surface area (Å²) in [5.41, 5.74) is 2.12. The van der Waals surface area contributed by atoms with Crippen molar-refractivity contribution in [3.05, 3.63) is 63.7 Å². The molecule has 1 aliphatic rings. The summed E-state index contributed by atoms with van der Waals surface area (Å²) in [6.45, 7) is 5.32. The highest BCUT2D eigenvalue weighted by Gasteiger charge is 2.46. The summed E-state index contributed by atoms with van der Waals surface area (Å²) < 4.78 is 10.7. The molecule has 3 rings (SSSR count). The largest absolute Gasteiger partial charge is 0.507 e. The summed E-state index contributed by atoms with van der Waals surface area (Å²) in [5, 5.41) is 11.7. The SMILES string of the molecule is COc1cc(OC)c(/C(O)=C2\C(=O)C(=O)N(CCCN(C)C)C2c2ccc(C(C)C)cc2)cc1Cl. The highest BCUT2D eigenvalue weighted by atomic mass is 35.5. The number of carbonyl (C=O) groups is 2. The Balaban J connectivity index is 2.18. The Morgan fingerprint density at radius 2 is 1.71 bits per heavy atom. The molecular weight excluding hydrogens is 468 g/mol. The first-order valence-electron chi connectivity index (χ1n) is 11.6. The van der Waals surface area contributed by atoms with Gasteiger partial charge in [0.05, 0.1) is 36.4 Å². The van der Waals surface area contributed by atoms with Crippen LogP contribution in [0.4, 0.5) is 0 Å². The number of Topliss-reactive ketones (excluding diaryl/α,β-unsaturated/α-hetero) is 1. The summed E-state index contributed by atoms with van der Waals surface area (Å²) >= 11 is 6.32. The Morgan fingerprint density at radius 3 is 2.26 bits per heavy atom. The van der Waals surface area contributed by atoms with E-state index in [1.165, 1.54) is 26.4 Å². The number of benzene rings is 2. The maximum atomic E-state index is 13.3. The lowest BCUT2D eigenvalue weighted by molar-refractivity contribution is -0.139. The number of ketones is 1. The molecule has 35 heavy (non-hydrogen) atoms. The number of aliphatic hydroxyl groups excluding tert-OH is 1. The van der Waals surface area contributed by atoms with Gasteiger partial charge in [-0.1, -0.05) is 49.7 Å². The van der Waals surface area contributed by atoms with Crippen molar-refractivity contribution in [2.45, 2.75) is 32.2 Å². The highest BCUT2D eigenvalue weighted by Crippen LogP contribution is 2.43. The number of aliphatic hydroxyl groups is 1. The second-order valence-electron chi connectivity index (χ2n) is 9.16. The second kappa shape index (κ2) is 11.1. The van der Waals surface area contributed by atoms with E-state index in [1.807, 2.05) is 43.3 Å². The van der Waals surface area contributed by atoms with Crippen LogP contribution < -0.4 is 9.47 Å². The van der Waals surface area contributed by atoms with Gasteiger partial charge in [0, 0.05) is 12.6 Å². The van der Waals surface area contributed by atoms with E-state index in [0.717, 1.165) is 17.7 Å². The van der Waals surface area contributed by atoms with E-state index in [2.05, 4.69) is 13.8 Å². The summed E-state index contributed by atoms with van der Waals surface area (Å²) in [4.78, 5) is 30.0. The van der Waals surface area contributed by atoms with Crippen LogP contribution in [0, 0.1) is 0 Å². The van der Waals surface area contributed by atoms with Crippen LogP contribution in [0.15, 0.2) is 42.0 Å². The monoisotopic (exact) mass is 500 g/mol. The predicted molar refractivity (Wildman–Crippen MR) is 137 cm³/mol. The van der Waals surface area contributed by atoms with Gasteiger partial charge in [-0.05, 0) is 50.2 Å². The number of halogens is 1. The lowest BCUT2D eigenvalue weighted by atomic mass is 9.93. The van der Waals surface area contributed by atoms with Gasteiger partial charge in [-0.2, -0.15) is 0 Å². The molecule has 0 radical (unpaired) electrons. The van der Waals surface area contributed by atoms with Crippen molar-refractivity contribution in [1.82, 2.24) is 9.80 Å². The van der Waals surface area contributed by atoms with Crippen LogP contribution in [-0.4, -0.2) is 68.0 Å². The lowest BCUT2D eigenvalue weighted by Gasteiger charge is -2.26. The molecule has 8 heteroatoms. The Labute approximate surface area is 211 Å². The number of methoxy groups -OCH3 is 2. The summed E-state index contributed by atoms with van der Waals surface area (Å²) in [7, 11) is 6.83. The molecule has 2 aromatic carbocycles. The van der Waals surface area contributed by atoms with Gasteiger partial charge >= 0.3 is 0 Å². The maximum Gasteiger partial charge on any atom is 0.295 e. The minimum Gasteiger partial charge on any atom is -0.507 e. The van der Waals surface area contributed by atoms with Crippen LogP contribution >= 0.6 is 11.6 Å². The molecule has 1 atom stereocenters. The Bertz CT molecular complexity index is 1130. The third kappa shape index (κ3) is 5.46. The molecule has 188 valence electrons. The smallest absolute Gasteiger partial charge is 0.295 e. The maximum absolute atomic E-state index is 13.3. The number of rotatable bonds is 9. The van der Waals surface area contributed by atoms with Gasteiger partial charge in [0.15, 0.2) is 0 Å². The number of nitrogens with zero attached hydrogens (tertiary/aromatic N) is 2. The molecule has 0 bridgehead atoms. The molecule has 0 saturated carbocycles. The molecule has 2 aromatic rings. The molecule has 1 aliphatic heterocycles. The minimum atomic E-state index is -0.737. The van der Waals surface area contributed by atoms with Gasteiger partial charge in [0.1, 0.15) is 17.3 Å². The van der Waals surface area contributed by atoms with E-state index < -0.39 is 17.7 Å². The first kappa shape index (κ1) is 26.6. The molecule has 1 saturated heterocycles. The molecule has 0 aliphatic carbocycles. The number of ether oxygens (including phenoxy) is 2. The van der Waals surface area contributed by atoms with Crippen LogP contribution in [0.1, 0.15) is 48.9 Å². The van der Waals surface area contributed by atoms with Gasteiger partial charge in [-0.3, -0.25) is 9.59 Å². The van der Waals surface area contributed by atoms with E-state index in [1.54, 1.807) is 4.90 Å². The van der Waals surface area contributed by atoms with Crippen LogP contribution in [0.5, 0.6) is 11.5 Å². The van der Waals surface area contributed by atoms with E-state index in [-0.39, 0.29) is 27.7 Å². The van der Waals surface area contributed by atoms with Crippen LogP contribution in [0.2, 0.25) is 5.02 Å². The van der Waals surface area contributed by atoms with Crippen molar-refractivity contribution in [2.75, 3.05) is 41.4 Å². The van der Waals surface area contributed by atoms with Crippen molar-refractivity contribution in [3.8, 4) is 11.5 Å². The van der Waals surface area contributed by atoms with Crippen molar-refractivity contribution in [2.24, 2.45) is 0 Å². The number of carbonyl (C=O) groups excluding carboxylic acids is 2. The number of amides is 1. The lowest BCUT2D eigenvalue weighted by Crippen LogP contribution is -2.32. The standard InChI is InChI=1S/C27H33ClN2O5/c1-16(2)17-8-10-18(11-9-17)24-23(26(32)27(33)30(24)13-7-12-29(3)4)25(31)19-14-20(28)22(35-6)15-21(19)34-5/h8-11,14-16,24,31H,7,12-13H2,1-6H3/b25-23+. The van der Waals surface area contributed by atoms with E-state index in [0.29, 0.717) is 24.6 Å². The molecule has 1 N–H and O–H groups in total. The zero-order chi connectivity index (χ0) is 25.9. The molecule has 0 aromatic heterocycles. The Morgan fingerprint density at radius 1 is 1.09 bits per heavy atom. The fourth-order valence-electron chi connectivity index (χ4n) is 4.27. The summed E-state index contributed by atoms with van der Waals surface area (Å²) in [6, 6.07) is 10.1. The van der Waals surface area contributed by atoms with Gasteiger partial charge in [-0.25, -0.2) is 0 Å². The number of likely N-dealkylation sites (tertiary alicyclic amines) is 1. The molecule has 1 heterocycles. The third-order valence-electron chi connectivity index (χ3n) is 6.19. The fourth-order valence-corrected chi connectivity index (χ4v) is 4.51. The van der Waals surface area contributed by atoms with E-state index >= 15 is 0 Å². The third-order valence-corrected chi connectivity index (χ3v) is 6.49. The minimum absolute atomic E-state index is 0.0108. The van der Waals surface area contributed by atoms with Crippen molar-refractivity contribution >= 4 is 29.1 Å². The molecule has 1 fully saturated rings. The Kier molecular flexibility index (Phi) is 8.46. The quantitative estimate of drug-likeness (QED) is 0.301. The summed E-state index contributed by atoms with van der Waals surface area (Å²) in [5.74, 6) is -0.735. The van der Waals surface area contributed by atoms with Crippen LogP contribution in [0.3, 0.4) is 0 Å². The predicted octanol–water partition coefficient (Wildman–Crippen LogP) is 4.85. The van der Waals surface area contributed by atoms with Crippen molar-refractivity contribution in [3.63, 3.8) is 0 Å². The van der Waals surface area contributed by atoms with Crippen molar-refractivity contribution in [1.29, 1.82) is 0 Å². The fraction of sp³-hybridized carbons (Fsp3) is 0.407. The zero-order valence-corrected chi connectivity index (χ0v) is 21.8. The average Bonchev–Trinajstić information content (AvgIpc) is 3.08. The molecular formula is C27H33ClN2O5. The second-order valence-corrected chi connectivity index (χ2v) is 9.56. The van der Waals surface area contributed by atoms with Gasteiger partial charge in [0.25, 0.3) is 11.7 Å². The molecule has 0 spiro atoms. The van der Waals surface area contributed by atoms with Crippen molar-refractivity contribution < 1.29 is 24.2 Å². The average molecular weight is 501 g/mol. The zero-order valence-electron chi connectivity index (χ0n) is 21.1. The topological polar surface area (TPSA) is 79.3 Å². The van der Waals surface area contributed by atoms with E-state index in [4.69, 9.17) is 21.1 Å². The highest BCUT2D eigenvalue weighted by molar-refractivity contribution is 6.46. The number of hydrogen-bond donors (Lipinski definition) is 1. The molecule has 1 unspecified atom stereocenters. The molecule has 1 amide bonds. The van der Waals surface area contributed by atoms with Crippen LogP contribution in [0.25, 0.3) is 5.76 Å². The summed E-state index contributed by atoms with van der Waals surface area (Å²) in [6.07, 6.45) is 0.679. The first-order chi connectivity index (χ1) is 16.6. The first-order valence-corrected chi connectivity index (χ1v) is 11.9. The van der Waals surface area contributed by atoms with Crippen LogP contribution in [-0.2, 0) is 9.59 Å². The van der Waals surface area contributed by atoms with Gasteiger partial charge < -0.3 is 24.4 Å². The van der Waals surface area contributed by atoms with Gasteiger partial charge in [0.2, 0.25) is 0 Å². The molecule has 7 nitrogen and oxygen atoms in total. The Hall–Kier alpha value is -3.03. The normalized spacial score (nSPS) is 17.5. The number of hydrogen-bond acceptors (Lipinski definition) is 6. The van der Waals surface area contributed by atoms with E-state index in [9.17, 15) is 14.7 Å². The van der Waals surface area contributed by atoms with Gasteiger partial charge in [-0.15, -0.1) is 0 Å².